The van der Waals surface area contributed by atoms with Crippen molar-refractivity contribution < 1.29 is 23.8 Å². The van der Waals surface area contributed by atoms with E-state index in [2.05, 4.69) is 0 Å². The highest BCUT2D eigenvalue weighted by Crippen LogP contribution is 2.35. The van der Waals surface area contributed by atoms with Crippen molar-refractivity contribution in [3.8, 4) is 11.5 Å². The smallest absolute Gasteiger partial charge is 0.326 e. The van der Waals surface area contributed by atoms with E-state index in [9.17, 15) is 9.59 Å². The summed E-state index contributed by atoms with van der Waals surface area (Å²) < 4.78 is 16.5. The van der Waals surface area contributed by atoms with Gasteiger partial charge in [0.1, 0.15) is 17.5 Å². The third-order valence-corrected chi connectivity index (χ3v) is 6.47. The molecule has 168 valence electrons. The van der Waals surface area contributed by atoms with Gasteiger partial charge in [-0.1, -0.05) is 59.3 Å². The van der Waals surface area contributed by atoms with Gasteiger partial charge in [-0.25, -0.2) is 0 Å². The molecule has 1 aliphatic heterocycles. The fraction of sp³-hybridized carbons (Fsp3) is 0.227. The molecule has 0 aromatic heterocycles. The van der Waals surface area contributed by atoms with Crippen LogP contribution in [0, 0.1) is 0 Å². The fourth-order valence-corrected chi connectivity index (χ4v) is 4.60. The first-order valence-electron chi connectivity index (χ1n) is 9.48. The van der Waals surface area contributed by atoms with Crippen LogP contribution in [0.15, 0.2) is 41.3 Å². The number of hydrogen-bond donors (Lipinski definition) is 0. The highest BCUT2D eigenvalue weighted by Gasteiger charge is 2.33. The minimum absolute atomic E-state index is 0.167. The van der Waals surface area contributed by atoms with Crippen molar-refractivity contribution in [1.82, 2.24) is 4.90 Å². The van der Waals surface area contributed by atoms with Crippen molar-refractivity contribution in [2.24, 2.45) is 0 Å². The second-order valence-electron chi connectivity index (χ2n) is 6.47. The molecule has 2 aromatic carbocycles. The minimum atomic E-state index is -0.508. The molecule has 3 rings (SSSR count). The molecule has 0 atom stereocenters. The van der Waals surface area contributed by atoms with Crippen LogP contribution < -0.4 is 9.47 Å². The summed E-state index contributed by atoms with van der Waals surface area (Å²) >= 11 is 18.8. The summed E-state index contributed by atoms with van der Waals surface area (Å²) in [5, 5.41) is 1.02. The van der Waals surface area contributed by atoms with Gasteiger partial charge in [-0.15, -0.1) is 0 Å². The summed E-state index contributed by atoms with van der Waals surface area (Å²) in [5.41, 5.74) is 1.38. The average molecular weight is 512 g/mol. The van der Waals surface area contributed by atoms with E-state index in [1.807, 2.05) is 0 Å². The molecule has 1 saturated heterocycles. The summed E-state index contributed by atoms with van der Waals surface area (Å²) in [4.78, 5) is 26.0. The lowest BCUT2D eigenvalue weighted by Crippen LogP contribution is -2.34. The SMILES string of the molecule is CCOC(=O)CN1C(=O)C(=Cc2ccc(OCc3c(Cl)cccc3Cl)c(OC)c2)SC1=S. The Morgan fingerprint density at radius 3 is 2.56 bits per heavy atom. The number of amides is 1. The lowest BCUT2D eigenvalue weighted by Gasteiger charge is -2.13. The Balaban J connectivity index is 1.75. The number of halogens is 2. The second-order valence-corrected chi connectivity index (χ2v) is 8.96. The molecule has 6 nitrogen and oxygen atoms in total. The maximum atomic E-state index is 12.7. The van der Waals surface area contributed by atoms with Crippen molar-refractivity contribution in [1.29, 1.82) is 0 Å². The van der Waals surface area contributed by atoms with E-state index in [1.165, 1.54) is 12.0 Å². The molecular weight excluding hydrogens is 493 g/mol. The monoisotopic (exact) mass is 511 g/mol. The first-order valence-corrected chi connectivity index (χ1v) is 11.5. The van der Waals surface area contributed by atoms with Crippen LogP contribution in [-0.4, -0.2) is 41.4 Å². The van der Waals surface area contributed by atoms with E-state index in [0.29, 0.717) is 41.9 Å². The van der Waals surface area contributed by atoms with E-state index in [1.54, 1.807) is 49.4 Å². The fourth-order valence-electron chi connectivity index (χ4n) is 2.84. The number of thioether (sulfide) groups is 1. The molecule has 0 radical (unpaired) electrons. The van der Waals surface area contributed by atoms with Gasteiger partial charge in [-0.2, -0.15) is 0 Å². The number of nitrogens with zero attached hydrogens (tertiary/aromatic N) is 1. The molecule has 0 aliphatic carbocycles. The lowest BCUT2D eigenvalue weighted by atomic mass is 10.1. The molecule has 2 aromatic rings. The summed E-state index contributed by atoms with van der Waals surface area (Å²) in [7, 11) is 1.52. The molecule has 1 heterocycles. The molecule has 1 amide bonds. The summed E-state index contributed by atoms with van der Waals surface area (Å²) in [6, 6.07) is 10.5. The number of rotatable bonds is 8. The standard InChI is InChI=1S/C22H19Cl2NO5S2/c1-3-29-20(26)11-25-21(27)19(32-22(25)31)10-13-7-8-17(18(9-13)28-2)30-12-14-15(23)5-4-6-16(14)24/h4-10H,3,11-12H2,1-2H3. The van der Waals surface area contributed by atoms with Crippen molar-refractivity contribution in [2.75, 3.05) is 20.3 Å². The summed E-state index contributed by atoms with van der Waals surface area (Å²) in [6.45, 7) is 1.89. The quantitative estimate of drug-likeness (QED) is 0.269. The summed E-state index contributed by atoms with van der Waals surface area (Å²) in [6.07, 6.45) is 1.68. The van der Waals surface area contributed by atoms with Crippen LogP contribution >= 0.6 is 47.2 Å². The van der Waals surface area contributed by atoms with E-state index in [-0.39, 0.29) is 25.7 Å². The van der Waals surface area contributed by atoms with Gasteiger partial charge in [0, 0.05) is 15.6 Å². The molecule has 0 saturated carbocycles. The molecule has 0 N–H and O–H groups in total. The minimum Gasteiger partial charge on any atom is -0.493 e. The number of carbonyl (C=O) groups excluding carboxylic acids is 2. The molecule has 1 fully saturated rings. The van der Waals surface area contributed by atoms with E-state index < -0.39 is 5.97 Å². The molecule has 32 heavy (non-hydrogen) atoms. The lowest BCUT2D eigenvalue weighted by molar-refractivity contribution is -0.145. The number of ether oxygens (including phenoxy) is 3. The second kappa shape index (κ2) is 11.0. The molecule has 10 heteroatoms. The van der Waals surface area contributed by atoms with Gasteiger partial charge in [-0.3, -0.25) is 14.5 Å². The first-order chi connectivity index (χ1) is 15.3. The van der Waals surface area contributed by atoms with E-state index in [4.69, 9.17) is 49.6 Å². The predicted molar refractivity (Wildman–Crippen MR) is 130 cm³/mol. The van der Waals surface area contributed by atoms with Gasteiger partial charge in [-0.05, 0) is 42.8 Å². The highest BCUT2D eigenvalue weighted by atomic mass is 35.5. The van der Waals surface area contributed by atoms with Crippen LogP contribution in [0.5, 0.6) is 11.5 Å². The Morgan fingerprint density at radius 2 is 1.91 bits per heavy atom. The Hall–Kier alpha value is -2.26. The van der Waals surface area contributed by atoms with Gasteiger partial charge in [0.05, 0.1) is 18.6 Å². The van der Waals surface area contributed by atoms with Crippen LogP contribution in [0.4, 0.5) is 0 Å². The molecule has 0 bridgehead atoms. The van der Waals surface area contributed by atoms with Gasteiger partial charge >= 0.3 is 5.97 Å². The number of thiocarbonyl (C=S) groups is 1. The first kappa shape index (κ1) is 24.4. The van der Waals surface area contributed by atoms with Crippen LogP contribution in [-0.2, 0) is 20.9 Å². The van der Waals surface area contributed by atoms with Gasteiger partial charge in [0.25, 0.3) is 5.91 Å². The van der Waals surface area contributed by atoms with Crippen molar-refractivity contribution in [3.05, 3.63) is 62.5 Å². The molecular formula is C22H19Cl2NO5S2. The zero-order valence-corrected chi connectivity index (χ0v) is 20.4. The molecule has 0 spiro atoms. The zero-order valence-electron chi connectivity index (χ0n) is 17.2. The number of methoxy groups -OCH3 is 1. The van der Waals surface area contributed by atoms with Gasteiger partial charge in [0.2, 0.25) is 0 Å². The average Bonchev–Trinajstić information content (AvgIpc) is 3.01. The normalized spacial score (nSPS) is 14.8. The highest BCUT2D eigenvalue weighted by molar-refractivity contribution is 8.26. The van der Waals surface area contributed by atoms with Crippen molar-refractivity contribution in [2.45, 2.75) is 13.5 Å². The number of esters is 1. The maximum absolute atomic E-state index is 12.7. The van der Waals surface area contributed by atoms with Crippen molar-refractivity contribution in [3.63, 3.8) is 0 Å². The largest absolute Gasteiger partial charge is 0.493 e. The number of carbonyl (C=O) groups is 2. The Kier molecular flexibility index (Phi) is 8.42. The molecule has 1 aliphatic rings. The third kappa shape index (κ3) is 5.75. The Bertz CT molecular complexity index is 1070. The van der Waals surface area contributed by atoms with Crippen molar-refractivity contribution >= 4 is 69.5 Å². The van der Waals surface area contributed by atoms with Crippen LogP contribution in [0.1, 0.15) is 18.1 Å². The van der Waals surface area contributed by atoms with Crippen LogP contribution in [0.2, 0.25) is 10.0 Å². The Labute approximate surface area is 205 Å². The van der Waals surface area contributed by atoms with Crippen LogP contribution in [0.3, 0.4) is 0 Å². The topological polar surface area (TPSA) is 65.1 Å². The third-order valence-electron chi connectivity index (χ3n) is 4.39. The van der Waals surface area contributed by atoms with E-state index in [0.717, 1.165) is 11.8 Å². The number of hydrogen-bond acceptors (Lipinski definition) is 7. The van der Waals surface area contributed by atoms with Crippen LogP contribution in [0.25, 0.3) is 6.08 Å². The maximum Gasteiger partial charge on any atom is 0.326 e. The van der Waals surface area contributed by atoms with Gasteiger partial charge in [0.15, 0.2) is 11.5 Å². The number of benzene rings is 2. The van der Waals surface area contributed by atoms with Gasteiger partial charge < -0.3 is 14.2 Å². The summed E-state index contributed by atoms with van der Waals surface area (Å²) in [5.74, 6) is 0.118. The van der Waals surface area contributed by atoms with E-state index >= 15 is 0 Å². The zero-order chi connectivity index (χ0) is 23.3. The molecule has 0 unspecified atom stereocenters. The Morgan fingerprint density at radius 1 is 1.19 bits per heavy atom. The predicted octanol–water partition coefficient (Wildman–Crippen LogP) is 5.35.